The molecule has 0 aliphatic rings. The van der Waals surface area contributed by atoms with Crippen LogP contribution in [0.25, 0.3) is 11.3 Å². The van der Waals surface area contributed by atoms with Crippen LogP contribution in [0.2, 0.25) is 0 Å². The lowest BCUT2D eigenvalue weighted by molar-refractivity contribution is 1.04. The summed E-state index contributed by atoms with van der Waals surface area (Å²) in [5.74, 6) is 0. The van der Waals surface area contributed by atoms with Crippen molar-refractivity contribution in [2.24, 2.45) is 0 Å². The lowest BCUT2D eigenvalue weighted by Gasteiger charge is -2.01. The Morgan fingerprint density at radius 3 is 2.50 bits per heavy atom. The van der Waals surface area contributed by atoms with Gasteiger partial charge in [-0.3, -0.25) is 0 Å². The molecule has 14 heavy (non-hydrogen) atoms. The van der Waals surface area contributed by atoms with Crippen molar-refractivity contribution in [1.29, 1.82) is 0 Å². The normalized spacial score (nSPS) is 10.1. The maximum Gasteiger partial charge on any atom is 0.0930 e. The van der Waals surface area contributed by atoms with Gasteiger partial charge in [-0.15, -0.1) is 0 Å². The first-order valence-electron chi connectivity index (χ1n) is 4.00. The van der Waals surface area contributed by atoms with Crippen molar-refractivity contribution < 1.29 is 0 Å². The summed E-state index contributed by atoms with van der Waals surface area (Å²) in [6.07, 6.45) is 1.66. The average molecular weight is 314 g/mol. The second-order valence-corrected chi connectivity index (χ2v) is 4.45. The molecule has 2 rings (SSSR count). The molecule has 0 N–H and O–H groups in total. The summed E-state index contributed by atoms with van der Waals surface area (Å²) in [6.45, 7) is 0. The third-order valence-corrected chi connectivity index (χ3v) is 3.67. The smallest absolute Gasteiger partial charge is 0.0930 e. The van der Waals surface area contributed by atoms with Gasteiger partial charge in [0.2, 0.25) is 0 Å². The molecular formula is C10H6Br2N2. The molecule has 0 saturated carbocycles. The van der Waals surface area contributed by atoms with E-state index in [9.17, 15) is 0 Å². The van der Waals surface area contributed by atoms with Gasteiger partial charge >= 0.3 is 0 Å². The lowest BCUT2D eigenvalue weighted by Crippen LogP contribution is -1.85. The zero-order valence-corrected chi connectivity index (χ0v) is 10.3. The summed E-state index contributed by atoms with van der Waals surface area (Å²) in [7, 11) is 0. The van der Waals surface area contributed by atoms with Crippen molar-refractivity contribution >= 4 is 31.9 Å². The van der Waals surface area contributed by atoms with E-state index < -0.39 is 0 Å². The lowest BCUT2D eigenvalue weighted by atomic mass is 10.1. The van der Waals surface area contributed by atoms with Gasteiger partial charge in [0.25, 0.3) is 0 Å². The van der Waals surface area contributed by atoms with E-state index >= 15 is 0 Å². The quantitative estimate of drug-likeness (QED) is 0.803. The van der Waals surface area contributed by atoms with Gasteiger partial charge in [-0.05, 0) is 56.1 Å². The predicted octanol–water partition coefficient (Wildman–Crippen LogP) is 3.67. The van der Waals surface area contributed by atoms with Crippen molar-refractivity contribution in [2.75, 3.05) is 0 Å². The fourth-order valence-electron chi connectivity index (χ4n) is 1.11. The minimum absolute atomic E-state index is 0.876. The van der Waals surface area contributed by atoms with Crippen LogP contribution in [0.3, 0.4) is 0 Å². The van der Waals surface area contributed by atoms with Crippen molar-refractivity contribution in [3.63, 3.8) is 0 Å². The van der Waals surface area contributed by atoms with Gasteiger partial charge in [-0.2, -0.15) is 10.2 Å². The summed E-state index contributed by atoms with van der Waals surface area (Å²) >= 11 is 6.87. The fraction of sp³-hybridized carbons (Fsp3) is 0. The average Bonchev–Trinajstić information content (AvgIpc) is 2.23. The van der Waals surface area contributed by atoms with Crippen molar-refractivity contribution in [3.05, 3.63) is 45.5 Å². The van der Waals surface area contributed by atoms with Crippen LogP contribution in [0.4, 0.5) is 0 Å². The minimum Gasteiger partial charge on any atom is -0.159 e. The van der Waals surface area contributed by atoms with E-state index in [1.807, 2.05) is 30.3 Å². The van der Waals surface area contributed by atoms with Crippen LogP contribution < -0.4 is 0 Å². The van der Waals surface area contributed by atoms with Crippen LogP contribution in [0.15, 0.2) is 45.5 Å². The molecule has 1 aromatic heterocycles. The molecule has 0 aliphatic carbocycles. The Labute approximate surface area is 98.6 Å². The molecule has 0 amide bonds. The molecule has 0 atom stereocenters. The van der Waals surface area contributed by atoms with Crippen LogP contribution in [0, 0.1) is 0 Å². The van der Waals surface area contributed by atoms with Gasteiger partial charge in [-0.25, -0.2) is 0 Å². The number of aromatic nitrogens is 2. The number of rotatable bonds is 1. The molecule has 2 aromatic rings. The number of hydrogen-bond donors (Lipinski definition) is 0. The van der Waals surface area contributed by atoms with Crippen LogP contribution in [-0.4, -0.2) is 10.2 Å². The van der Waals surface area contributed by atoms with Crippen molar-refractivity contribution in [1.82, 2.24) is 10.2 Å². The standard InChI is InChI=1S/C10H6Br2N2/c11-8-4-3-7(6-9(8)12)10-2-1-5-13-14-10/h1-6H. The molecule has 70 valence electrons. The minimum atomic E-state index is 0.876. The monoisotopic (exact) mass is 312 g/mol. The molecule has 1 aromatic carbocycles. The third-order valence-electron chi connectivity index (χ3n) is 1.79. The first kappa shape index (κ1) is 9.80. The summed E-state index contributed by atoms with van der Waals surface area (Å²) in [6, 6.07) is 9.79. The van der Waals surface area contributed by atoms with Crippen LogP contribution in [0.5, 0.6) is 0 Å². The van der Waals surface area contributed by atoms with E-state index in [2.05, 4.69) is 42.1 Å². The second kappa shape index (κ2) is 4.19. The van der Waals surface area contributed by atoms with Gasteiger partial charge in [0, 0.05) is 20.7 Å². The van der Waals surface area contributed by atoms with E-state index in [0.29, 0.717) is 0 Å². The van der Waals surface area contributed by atoms with E-state index in [0.717, 1.165) is 20.2 Å². The molecular weight excluding hydrogens is 308 g/mol. The van der Waals surface area contributed by atoms with Gasteiger partial charge in [0.1, 0.15) is 0 Å². The van der Waals surface area contributed by atoms with Crippen molar-refractivity contribution in [3.8, 4) is 11.3 Å². The predicted molar refractivity (Wildman–Crippen MR) is 62.9 cm³/mol. The Balaban J connectivity index is 2.48. The number of halogens is 2. The van der Waals surface area contributed by atoms with E-state index in [1.54, 1.807) is 6.20 Å². The molecule has 0 aliphatic heterocycles. The molecule has 0 bridgehead atoms. The third kappa shape index (κ3) is 2.01. The van der Waals surface area contributed by atoms with Gasteiger partial charge < -0.3 is 0 Å². The van der Waals surface area contributed by atoms with Crippen LogP contribution in [-0.2, 0) is 0 Å². The first-order valence-corrected chi connectivity index (χ1v) is 5.59. The molecule has 0 spiro atoms. The Kier molecular flexibility index (Phi) is 2.93. The molecule has 2 nitrogen and oxygen atoms in total. The number of hydrogen-bond acceptors (Lipinski definition) is 2. The first-order chi connectivity index (χ1) is 6.77. The maximum absolute atomic E-state index is 4.03. The molecule has 0 unspecified atom stereocenters. The highest BCUT2D eigenvalue weighted by molar-refractivity contribution is 9.13. The number of benzene rings is 1. The summed E-state index contributed by atoms with van der Waals surface area (Å²) < 4.78 is 2.05. The fourth-order valence-corrected chi connectivity index (χ4v) is 1.74. The van der Waals surface area contributed by atoms with Crippen LogP contribution >= 0.6 is 31.9 Å². The SMILES string of the molecule is Brc1ccc(-c2cccnn2)cc1Br. The molecule has 0 fully saturated rings. The van der Waals surface area contributed by atoms with Gasteiger partial charge in [0.05, 0.1) is 5.69 Å². The molecule has 0 radical (unpaired) electrons. The van der Waals surface area contributed by atoms with Crippen LogP contribution in [0.1, 0.15) is 0 Å². The Morgan fingerprint density at radius 1 is 1.00 bits per heavy atom. The Hall–Kier alpha value is -0.740. The van der Waals surface area contributed by atoms with Crippen molar-refractivity contribution in [2.45, 2.75) is 0 Å². The highest BCUT2D eigenvalue weighted by Gasteiger charge is 2.01. The second-order valence-electron chi connectivity index (χ2n) is 2.74. The summed E-state index contributed by atoms with van der Waals surface area (Å²) in [5.41, 5.74) is 1.92. The van der Waals surface area contributed by atoms with Gasteiger partial charge in [0.15, 0.2) is 0 Å². The highest BCUT2D eigenvalue weighted by Crippen LogP contribution is 2.27. The topological polar surface area (TPSA) is 25.8 Å². The Morgan fingerprint density at radius 2 is 1.86 bits per heavy atom. The zero-order chi connectivity index (χ0) is 9.97. The molecule has 4 heteroatoms. The van der Waals surface area contributed by atoms with E-state index in [4.69, 9.17) is 0 Å². The summed E-state index contributed by atoms with van der Waals surface area (Å²) in [5, 5.41) is 7.87. The van der Waals surface area contributed by atoms with E-state index in [1.165, 1.54) is 0 Å². The van der Waals surface area contributed by atoms with Gasteiger partial charge in [-0.1, -0.05) is 6.07 Å². The maximum atomic E-state index is 4.03. The largest absolute Gasteiger partial charge is 0.159 e. The summed E-state index contributed by atoms with van der Waals surface area (Å²) in [4.78, 5) is 0. The highest BCUT2D eigenvalue weighted by atomic mass is 79.9. The Bertz CT molecular complexity index is 443. The van der Waals surface area contributed by atoms with E-state index in [-0.39, 0.29) is 0 Å². The number of nitrogens with zero attached hydrogens (tertiary/aromatic N) is 2. The zero-order valence-electron chi connectivity index (χ0n) is 7.11. The molecule has 0 saturated heterocycles. The molecule has 1 heterocycles.